The summed E-state index contributed by atoms with van der Waals surface area (Å²) in [5.74, 6) is -0.362. The first-order chi connectivity index (χ1) is 13.1. The Morgan fingerprint density at radius 3 is 2.11 bits per heavy atom. The van der Waals surface area contributed by atoms with Gasteiger partial charge in [-0.05, 0) is 19.8 Å². The number of aliphatic hydroxyl groups excluding tert-OH is 1. The summed E-state index contributed by atoms with van der Waals surface area (Å²) in [5, 5.41) is 14.1. The summed E-state index contributed by atoms with van der Waals surface area (Å²) in [6.45, 7) is 2.75. The number of hydrogen-bond donors (Lipinski definition) is 4. The van der Waals surface area contributed by atoms with E-state index in [0.29, 0.717) is 25.3 Å². The van der Waals surface area contributed by atoms with Crippen LogP contribution in [0.25, 0.3) is 0 Å². The van der Waals surface area contributed by atoms with Crippen LogP contribution in [0, 0.1) is 0 Å². The normalized spacial score (nSPS) is 13.9. The average Bonchev–Trinajstić information content (AvgIpc) is 2.66. The number of aldehydes is 1. The van der Waals surface area contributed by atoms with Crippen LogP contribution < -0.4 is 16.0 Å². The highest BCUT2D eigenvalue weighted by Crippen LogP contribution is 2.19. The van der Waals surface area contributed by atoms with Crippen molar-refractivity contribution < 1.29 is 29.0 Å². The molecular weight excluding hydrogens is 354 g/mol. The van der Waals surface area contributed by atoms with Crippen LogP contribution in [0.4, 0.5) is 0 Å². The summed E-state index contributed by atoms with van der Waals surface area (Å²) >= 11 is 0. The molecule has 27 heavy (non-hydrogen) atoms. The maximum absolute atomic E-state index is 11.2. The van der Waals surface area contributed by atoms with Crippen molar-refractivity contribution in [1.29, 1.82) is 0 Å². The molecule has 9 nitrogen and oxygen atoms in total. The Balaban J connectivity index is 0. The molecule has 0 aromatic rings. The van der Waals surface area contributed by atoms with Crippen molar-refractivity contribution in [2.24, 2.45) is 0 Å². The highest BCUT2D eigenvalue weighted by atomic mass is 16.5. The number of carbonyl (C=O) groups is 4. The molecule has 1 rings (SSSR count). The minimum absolute atomic E-state index is 0.0135. The summed E-state index contributed by atoms with van der Waals surface area (Å²) in [4.78, 5) is 41.0. The molecule has 0 unspecified atom stereocenters. The lowest BCUT2D eigenvalue weighted by Crippen LogP contribution is -2.34. The molecule has 0 saturated heterocycles. The number of hydrogen-bond acceptors (Lipinski definition) is 6. The third-order valence-corrected chi connectivity index (χ3v) is 3.60. The van der Waals surface area contributed by atoms with Crippen molar-refractivity contribution in [3.8, 4) is 0 Å². The van der Waals surface area contributed by atoms with Crippen LogP contribution in [0.1, 0.15) is 51.9 Å². The van der Waals surface area contributed by atoms with E-state index in [1.165, 1.54) is 32.1 Å². The molecule has 0 aromatic heterocycles. The fourth-order valence-electron chi connectivity index (χ4n) is 2.38. The average molecular weight is 389 g/mol. The van der Waals surface area contributed by atoms with Crippen molar-refractivity contribution in [1.82, 2.24) is 16.0 Å². The Labute approximate surface area is 161 Å². The molecule has 1 aliphatic rings. The fourth-order valence-corrected chi connectivity index (χ4v) is 2.38. The molecule has 9 heteroatoms. The van der Waals surface area contributed by atoms with E-state index < -0.39 is 0 Å². The predicted octanol–water partition coefficient (Wildman–Crippen LogP) is -0.0920. The zero-order chi connectivity index (χ0) is 20.8. The van der Waals surface area contributed by atoms with Gasteiger partial charge in [0.1, 0.15) is 12.9 Å². The molecular formula is C18H35N3O6. The second-order valence-electron chi connectivity index (χ2n) is 5.70. The number of aliphatic hydroxyl groups is 1. The van der Waals surface area contributed by atoms with Crippen molar-refractivity contribution in [2.45, 2.75) is 58.0 Å². The van der Waals surface area contributed by atoms with Crippen molar-refractivity contribution in [2.75, 3.05) is 33.4 Å². The molecule has 1 saturated carbocycles. The molecule has 0 radical (unpaired) electrons. The number of ether oxygens (including phenoxy) is 1. The monoisotopic (exact) mass is 389 g/mol. The van der Waals surface area contributed by atoms with E-state index in [1.807, 2.05) is 6.92 Å². The quantitative estimate of drug-likeness (QED) is 0.407. The van der Waals surface area contributed by atoms with Gasteiger partial charge < -0.3 is 30.6 Å². The van der Waals surface area contributed by atoms with Crippen LogP contribution >= 0.6 is 0 Å². The lowest BCUT2D eigenvalue weighted by atomic mass is 9.99. The Morgan fingerprint density at radius 1 is 1.00 bits per heavy atom. The van der Waals surface area contributed by atoms with Crippen molar-refractivity contribution >= 4 is 24.5 Å². The van der Waals surface area contributed by atoms with Gasteiger partial charge in [-0.15, -0.1) is 0 Å². The Morgan fingerprint density at radius 2 is 1.59 bits per heavy atom. The van der Waals surface area contributed by atoms with Gasteiger partial charge in [0.25, 0.3) is 0 Å². The molecule has 0 spiro atoms. The minimum atomic E-state index is -0.376. The standard InChI is InChI=1S/C12H23NO2.C5H8N2O3.CH4O/c1-2-13-12(14)10-15-11-8-6-4-3-5-7-9-11;8-2-1-7-5(10)3-6-4-9;1-2/h11H,2-10H2,1H3,(H,13,14);2,4H,1,3H2,(H,6,9)(H,7,10);2H,1H3. The van der Waals surface area contributed by atoms with Gasteiger partial charge in [0.15, 0.2) is 0 Å². The SMILES string of the molecule is CCNC(=O)COC1CCCCCCC1.CO.O=CCNC(=O)CNC=O. The molecule has 3 amide bonds. The molecule has 0 bridgehead atoms. The summed E-state index contributed by atoms with van der Waals surface area (Å²) in [6, 6.07) is 0. The molecule has 1 fully saturated rings. The minimum Gasteiger partial charge on any atom is -0.400 e. The summed E-state index contributed by atoms with van der Waals surface area (Å²) in [5.41, 5.74) is 0. The molecule has 0 aliphatic heterocycles. The molecule has 158 valence electrons. The third kappa shape index (κ3) is 20.2. The van der Waals surface area contributed by atoms with Crippen LogP contribution in [-0.4, -0.2) is 69.1 Å². The molecule has 0 atom stereocenters. The van der Waals surface area contributed by atoms with E-state index in [9.17, 15) is 19.2 Å². The fraction of sp³-hybridized carbons (Fsp3) is 0.778. The van der Waals surface area contributed by atoms with Crippen LogP contribution in [0.5, 0.6) is 0 Å². The van der Waals surface area contributed by atoms with Gasteiger partial charge in [-0.3, -0.25) is 14.4 Å². The summed E-state index contributed by atoms with van der Waals surface area (Å²) < 4.78 is 5.62. The highest BCUT2D eigenvalue weighted by molar-refractivity contribution is 5.81. The largest absolute Gasteiger partial charge is 0.400 e. The smallest absolute Gasteiger partial charge is 0.246 e. The first kappa shape index (κ1) is 27.2. The van der Waals surface area contributed by atoms with Gasteiger partial charge in [0, 0.05) is 13.7 Å². The summed E-state index contributed by atoms with van der Waals surface area (Å²) in [7, 11) is 1.00. The van der Waals surface area contributed by atoms with E-state index in [4.69, 9.17) is 9.84 Å². The highest BCUT2D eigenvalue weighted by Gasteiger charge is 2.12. The lowest BCUT2D eigenvalue weighted by Gasteiger charge is -2.19. The topological polar surface area (TPSA) is 134 Å². The van der Waals surface area contributed by atoms with Gasteiger partial charge in [0.2, 0.25) is 18.2 Å². The Bertz CT molecular complexity index is 371. The predicted molar refractivity (Wildman–Crippen MR) is 102 cm³/mol. The number of rotatable bonds is 9. The van der Waals surface area contributed by atoms with Crippen LogP contribution in [0.3, 0.4) is 0 Å². The van der Waals surface area contributed by atoms with Crippen LogP contribution in [0.15, 0.2) is 0 Å². The van der Waals surface area contributed by atoms with Gasteiger partial charge in [-0.25, -0.2) is 0 Å². The van der Waals surface area contributed by atoms with Crippen LogP contribution in [-0.2, 0) is 23.9 Å². The molecule has 0 heterocycles. The van der Waals surface area contributed by atoms with E-state index >= 15 is 0 Å². The number of likely N-dealkylation sites (N-methyl/N-ethyl adjacent to an activating group) is 1. The maximum Gasteiger partial charge on any atom is 0.246 e. The molecule has 4 N–H and O–H groups in total. The van der Waals surface area contributed by atoms with E-state index in [2.05, 4.69) is 16.0 Å². The number of nitrogens with one attached hydrogen (secondary N) is 3. The summed E-state index contributed by atoms with van der Waals surface area (Å²) in [6.07, 6.45) is 10.1. The molecule has 1 aliphatic carbocycles. The maximum atomic E-state index is 11.2. The third-order valence-electron chi connectivity index (χ3n) is 3.60. The zero-order valence-corrected chi connectivity index (χ0v) is 16.5. The second-order valence-corrected chi connectivity index (χ2v) is 5.70. The second kappa shape index (κ2) is 22.0. The first-order valence-corrected chi connectivity index (χ1v) is 9.34. The number of amides is 3. The molecule has 0 aromatic carbocycles. The van der Waals surface area contributed by atoms with E-state index in [0.717, 1.165) is 20.0 Å². The van der Waals surface area contributed by atoms with E-state index in [-0.39, 0.29) is 31.5 Å². The van der Waals surface area contributed by atoms with Gasteiger partial charge in [-0.2, -0.15) is 0 Å². The van der Waals surface area contributed by atoms with Gasteiger partial charge in [-0.1, -0.05) is 32.1 Å². The first-order valence-electron chi connectivity index (χ1n) is 9.34. The number of carbonyl (C=O) groups excluding carboxylic acids is 4. The lowest BCUT2D eigenvalue weighted by molar-refractivity contribution is -0.128. The van der Waals surface area contributed by atoms with Gasteiger partial charge >= 0.3 is 0 Å². The van der Waals surface area contributed by atoms with E-state index in [1.54, 1.807) is 0 Å². The van der Waals surface area contributed by atoms with Crippen molar-refractivity contribution in [3.63, 3.8) is 0 Å². The van der Waals surface area contributed by atoms with Gasteiger partial charge in [0.05, 0.1) is 19.2 Å². The zero-order valence-electron chi connectivity index (χ0n) is 16.5. The van der Waals surface area contributed by atoms with Crippen molar-refractivity contribution in [3.05, 3.63) is 0 Å². The van der Waals surface area contributed by atoms with Crippen LogP contribution in [0.2, 0.25) is 0 Å². The Kier molecular flexibility index (Phi) is 22.2. The Hall–Kier alpha value is -2.00.